The first-order valence-electron chi connectivity index (χ1n) is 6.00. The first-order valence-corrected chi connectivity index (χ1v) is 6.00. The molecule has 0 unspecified atom stereocenters. The molecule has 1 saturated heterocycles. The van der Waals surface area contributed by atoms with Crippen molar-refractivity contribution in [2.75, 3.05) is 27.2 Å². The highest BCUT2D eigenvalue weighted by atomic mass is 16.2. The van der Waals surface area contributed by atoms with Crippen LogP contribution >= 0.6 is 0 Å². The van der Waals surface area contributed by atoms with E-state index in [4.69, 9.17) is 0 Å². The van der Waals surface area contributed by atoms with Gasteiger partial charge in [-0.05, 0) is 44.6 Å². The van der Waals surface area contributed by atoms with Gasteiger partial charge in [0.1, 0.15) is 0 Å². The molecule has 1 fully saturated rings. The summed E-state index contributed by atoms with van der Waals surface area (Å²) in [5.74, 6) is 0.110. The van der Waals surface area contributed by atoms with Gasteiger partial charge < -0.3 is 10.2 Å². The molecule has 0 spiro atoms. The Morgan fingerprint density at radius 2 is 2.18 bits per heavy atom. The number of carbonyl (C=O) groups excluding carboxylic acids is 1. The van der Waals surface area contributed by atoms with E-state index in [0.717, 1.165) is 31.5 Å². The van der Waals surface area contributed by atoms with Gasteiger partial charge in [0.25, 0.3) is 0 Å². The second-order valence-corrected chi connectivity index (χ2v) is 4.71. The molecule has 1 aromatic heterocycles. The molecule has 17 heavy (non-hydrogen) atoms. The van der Waals surface area contributed by atoms with E-state index in [1.165, 1.54) is 0 Å². The van der Waals surface area contributed by atoms with Crippen molar-refractivity contribution in [3.63, 3.8) is 0 Å². The SMILES string of the molecule is CNC(=O)C1(c2cccnc2)CCN(C)CC1. The van der Waals surface area contributed by atoms with Crippen LogP contribution < -0.4 is 5.32 Å². The van der Waals surface area contributed by atoms with Gasteiger partial charge in [0.2, 0.25) is 5.91 Å². The van der Waals surface area contributed by atoms with Crippen molar-refractivity contribution in [1.82, 2.24) is 15.2 Å². The molecule has 4 nitrogen and oxygen atoms in total. The van der Waals surface area contributed by atoms with Crippen molar-refractivity contribution >= 4 is 5.91 Å². The zero-order valence-corrected chi connectivity index (χ0v) is 10.4. The number of hydrogen-bond acceptors (Lipinski definition) is 3. The Bertz CT molecular complexity index is 383. The van der Waals surface area contributed by atoms with Gasteiger partial charge in [-0.1, -0.05) is 6.07 Å². The van der Waals surface area contributed by atoms with Crippen molar-refractivity contribution in [2.24, 2.45) is 0 Å². The Kier molecular flexibility index (Phi) is 3.43. The molecule has 0 aromatic carbocycles. The van der Waals surface area contributed by atoms with Gasteiger partial charge in [0.05, 0.1) is 5.41 Å². The molecule has 0 atom stereocenters. The van der Waals surface area contributed by atoms with Crippen LogP contribution in [0.25, 0.3) is 0 Å². The molecule has 0 aliphatic carbocycles. The Balaban J connectivity index is 2.35. The zero-order chi connectivity index (χ0) is 12.3. The summed E-state index contributed by atoms with van der Waals surface area (Å²) in [6, 6.07) is 3.91. The van der Waals surface area contributed by atoms with Gasteiger partial charge in [-0.25, -0.2) is 0 Å². The second kappa shape index (κ2) is 4.84. The van der Waals surface area contributed by atoms with E-state index in [-0.39, 0.29) is 5.91 Å². The minimum absolute atomic E-state index is 0.110. The van der Waals surface area contributed by atoms with Crippen LogP contribution in [0.4, 0.5) is 0 Å². The van der Waals surface area contributed by atoms with E-state index < -0.39 is 5.41 Å². The number of nitrogens with one attached hydrogen (secondary N) is 1. The molecule has 92 valence electrons. The van der Waals surface area contributed by atoms with Crippen LogP contribution in [0.2, 0.25) is 0 Å². The molecule has 0 saturated carbocycles. The molecule has 1 aliphatic rings. The fourth-order valence-corrected chi connectivity index (χ4v) is 2.53. The summed E-state index contributed by atoms with van der Waals surface area (Å²) >= 11 is 0. The van der Waals surface area contributed by atoms with Crippen LogP contribution in [-0.4, -0.2) is 43.0 Å². The lowest BCUT2D eigenvalue weighted by atomic mass is 9.72. The molecule has 1 N–H and O–H groups in total. The van der Waals surface area contributed by atoms with E-state index in [1.54, 1.807) is 13.2 Å². The molecule has 1 aromatic rings. The van der Waals surface area contributed by atoms with Crippen molar-refractivity contribution < 1.29 is 4.79 Å². The third-order valence-corrected chi connectivity index (χ3v) is 3.72. The van der Waals surface area contributed by atoms with Crippen molar-refractivity contribution in [2.45, 2.75) is 18.3 Å². The smallest absolute Gasteiger partial charge is 0.230 e. The molecule has 2 rings (SSSR count). The molecule has 1 aliphatic heterocycles. The number of rotatable bonds is 2. The third kappa shape index (κ3) is 2.17. The summed E-state index contributed by atoms with van der Waals surface area (Å²) in [6.45, 7) is 1.89. The van der Waals surface area contributed by atoms with Gasteiger partial charge in [0.15, 0.2) is 0 Å². The third-order valence-electron chi connectivity index (χ3n) is 3.72. The quantitative estimate of drug-likeness (QED) is 0.821. The first kappa shape index (κ1) is 12.0. The monoisotopic (exact) mass is 233 g/mol. The van der Waals surface area contributed by atoms with E-state index in [0.29, 0.717) is 0 Å². The number of hydrogen-bond donors (Lipinski definition) is 1. The average molecular weight is 233 g/mol. The highest BCUT2D eigenvalue weighted by molar-refractivity contribution is 5.88. The lowest BCUT2D eigenvalue weighted by Crippen LogP contribution is -2.50. The van der Waals surface area contributed by atoms with E-state index in [1.807, 2.05) is 18.3 Å². The van der Waals surface area contributed by atoms with E-state index in [9.17, 15) is 4.79 Å². The number of nitrogens with zero attached hydrogens (tertiary/aromatic N) is 2. The normalized spacial score (nSPS) is 19.9. The maximum Gasteiger partial charge on any atom is 0.230 e. The summed E-state index contributed by atoms with van der Waals surface area (Å²) < 4.78 is 0. The number of pyridine rings is 1. The van der Waals surface area contributed by atoms with E-state index in [2.05, 4.69) is 22.2 Å². The highest BCUT2D eigenvalue weighted by Crippen LogP contribution is 2.34. The van der Waals surface area contributed by atoms with Crippen molar-refractivity contribution in [3.05, 3.63) is 30.1 Å². The predicted molar refractivity (Wildman–Crippen MR) is 66.7 cm³/mol. The van der Waals surface area contributed by atoms with Crippen LogP contribution in [0.15, 0.2) is 24.5 Å². The van der Waals surface area contributed by atoms with Crippen molar-refractivity contribution in [3.8, 4) is 0 Å². The molecular formula is C13H19N3O. The van der Waals surface area contributed by atoms with Gasteiger partial charge in [-0.15, -0.1) is 0 Å². The molecule has 1 amide bonds. The fraction of sp³-hybridized carbons (Fsp3) is 0.538. The van der Waals surface area contributed by atoms with E-state index >= 15 is 0 Å². The summed E-state index contributed by atoms with van der Waals surface area (Å²) in [5.41, 5.74) is 0.641. The summed E-state index contributed by atoms with van der Waals surface area (Å²) in [7, 11) is 3.80. The maximum atomic E-state index is 12.2. The summed E-state index contributed by atoms with van der Waals surface area (Å²) in [6.07, 6.45) is 5.28. The second-order valence-electron chi connectivity index (χ2n) is 4.71. The first-order chi connectivity index (χ1) is 8.19. The number of carbonyl (C=O) groups is 1. The van der Waals surface area contributed by atoms with Crippen LogP contribution in [-0.2, 0) is 10.2 Å². The van der Waals surface area contributed by atoms with Crippen LogP contribution in [0.5, 0.6) is 0 Å². The Morgan fingerprint density at radius 3 is 2.71 bits per heavy atom. The lowest BCUT2D eigenvalue weighted by Gasteiger charge is -2.39. The Hall–Kier alpha value is -1.42. The van der Waals surface area contributed by atoms with Gasteiger partial charge in [-0.3, -0.25) is 9.78 Å². The molecule has 2 heterocycles. The molecule has 0 radical (unpaired) electrons. The highest BCUT2D eigenvalue weighted by Gasteiger charge is 2.41. The predicted octanol–water partition coefficient (Wildman–Crippen LogP) is 0.791. The minimum Gasteiger partial charge on any atom is -0.358 e. The number of likely N-dealkylation sites (tertiary alicyclic amines) is 1. The van der Waals surface area contributed by atoms with Crippen LogP contribution in [0.1, 0.15) is 18.4 Å². The molecular weight excluding hydrogens is 214 g/mol. The van der Waals surface area contributed by atoms with Crippen molar-refractivity contribution in [1.29, 1.82) is 0 Å². The Labute approximate surface area is 102 Å². The zero-order valence-electron chi connectivity index (χ0n) is 10.4. The molecule has 4 heteroatoms. The molecule has 0 bridgehead atoms. The summed E-state index contributed by atoms with van der Waals surface area (Å²) in [4.78, 5) is 18.6. The number of aromatic nitrogens is 1. The van der Waals surface area contributed by atoms with Gasteiger partial charge >= 0.3 is 0 Å². The van der Waals surface area contributed by atoms with Gasteiger partial charge in [0, 0.05) is 19.4 Å². The number of amides is 1. The average Bonchev–Trinajstić information content (AvgIpc) is 2.40. The maximum absolute atomic E-state index is 12.2. The van der Waals surface area contributed by atoms with Crippen LogP contribution in [0.3, 0.4) is 0 Å². The topological polar surface area (TPSA) is 45.2 Å². The van der Waals surface area contributed by atoms with Gasteiger partial charge in [-0.2, -0.15) is 0 Å². The Morgan fingerprint density at radius 1 is 1.47 bits per heavy atom. The van der Waals surface area contributed by atoms with Crippen LogP contribution in [0, 0.1) is 0 Å². The lowest BCUT2D eigenvalue weighted by molar-refractivity contribution is -0.128. The number of piperidine rings is 1. The number of likely N-dealkylation sites (N-methyl/N-ethyl adjacent to an activating group) is 1. The standard InChI is InChI=1S/C13H19N3O/c1-14-12(17)13(5-8-16(2)9-6-13)11-4-3-7-15-10-11/h3-4,7,10H,5-6,8-9H2,1-2H3,(H,14,17). The largest absolute Gasteiger partial charge is 0.358 e. The summed E-state index contributed by atoms with van der Waals surface area (Å²) in [5, 5.41) is 2.80. The fourth-order valence-electron chi connectivity index (χ4n) is 2.53. The minimum atomic E-state index is -0.393.